The summed E-state index contributed by atoms with van der Waals surface area (Å²) < 4.78 is 0.636. The molecule has 0 radical (unpaired) electrons. The second kappa shape index (κ2) is 6.55. The molecule has 0 unspecified atom stereocenters. The number of H-pyrrole nitrogens is 1. The van der Waals surface area contributed by atoms with E-state index < -0.39 is 0 Å². The zero-order valence-electron chi connectivity index (χ0n) is 10.8. The fraction of sp³-hybridized carbons (Fsp3) is 0.286. The fourth-order valence-electron chi connectivity index (χ4n) is 1.62. The van der Waals surface area contributed by atoms with E-state index in [1.54, 1.807) is 11.8 Å². The van der Waals surface area contributed by atoms with Gasteiger partial charge in [0.25, 0.3) is 0 Å². The monoisotopic (exact) mass is 310 g/mol. The van der Waals surface area contributed by atoms with E-state index in [-0.39, 0.29) is 0 Å². The van der Waals surface area contributed by atoms with Gasteiger partial charge in [-0.1, -0.05) is 49.8 Å². The van der Waals surface area contributed by atoms with Crippen molar-refractivity contribution in [1.82, 2.24) is 9.97 Å². The first-order chi connectivity index (χ1) is 9.06. The van der Waals surface area contributed by atoms with Gasteiger partial charge in [0.2, 0.25) is 0 Å². The molecule has 0 aliphatic carbocycles. The van der Waals surface area contributed by atoms with Crippen molar-refractivity contribution in [1.29, 1.82) is 0 Å². The zero-order chi connectivity index (χ0) is 13.8. The summed E-state index contributed by atoms with van der Waals surface area (Å²) in [7, 11) is 0. The molecule has 0 saturated carbocycles. The van der Waals surface area contributed by atoms with Crippen molar-refractivity contribution in [2.75, 3.05) is 0 Å². The number of thioether (sulfide) groups is 1. The van der Waals surface area contributed by atoms with Gasteiger partial charge in [-0.2, -0.15) is 0 Å². The van der Waals surface area contributed by atoms with Gasteiger partial charge in [-0.05, 0) is 24.1 Å². The van der Waals surface area contributed by atoms with Gasteiger partial charge in [-0.15, -0.1) is 11.8 Å². The van der Waals surface area contributed by atoms with Crippen molar-refractivity contribution in [2.45, 2.75) is 30.4 Å². The molecule has 5 heteroatoms. The maximum Gasteiger partial charge on any atom is 0.130 e. The van der Waals surface area contributed by atoms with E-state index in [0.29, 0.717) is 10.6 Å². The lowest BCUT2D eigenvalue weighted by atomic mass is 10.1. The van der Waals surface area contributed by atoms with E-state index in [1.165, 1.54) is 0 Å². The van der Waals surface area contributed by atoms with Crippen molar-refractivity contribution in [2.24, 2.45) is 0 Å². The third kappa shape index (κ3) is 4.06. The van der Waals surface area contributed by atoms with Gasteiger partial charge >= 0.3 is 0 Å². The summed E-state index contributed by atoms with van der Waals surface area (Å²) in [5.41, 5.74) is 1.12. The SMILES string of the molecule is CC(C)c1cc(=S)nc(CSc2ccccc2Cl)[nH]1. The molecule has 0 amide bonds. The first-order valence-electron chi connectivity index (χ1n) is 6.03. The van der Waals surface area contributed by atoms with E-state index in [0.717, 1.165) is 27.2 Å². The van der Waals surface area contributed by atoms with Crippen LogP contribution in [0.1, 0.15) is 31.3 Å². The number of hydrogen-bond acceptors (Lipinski definition) is 3. The Bertz CT molecular complexity index is 623. The number of aromatic amines is 1. The summed E-state index contributed by atoms with van der Waals surface area (Å²) in [5, 5.41) is 0.770. The highest BCUT2D eigenvalue weighted by molar-refractivity contribution is 7.98. The van der Waals surface area contributed by atoms with Gasteiger partial charge in [0.15, 0.2) is 0 Å². The molecule has 0 spiro atoms. The summed E-state index contributed by atoms with van der Waals surface area (Å²) >= 11 is 13.0. The molecular weight excluding hydrogens is 296 g/mol. The smallest absolute Gasteiger partial charge is 0.130 e. The summed E-state index contributed by atoms with van der Waals surface area (Å²) in [5.74, 6) is 2.03. The number of nitrogens with one attached hydrogen (secondary N) is 1. The fourth-order valence-corrected chi connectivity index (χ4v) is 2.96. The Balaban J connectivity index is 2.16. The minimum atomic E-state index is 0.411. The number of hydrogen-bond donors (Lipinski definition) is 1. The maximum atomic E-state index is 6.13. The van der Waals surface area contributed by atoms with Gasteiger partial charge < -0.3 is 4.98 Å². The average Bonchev–Trinajstić information content (AvgIpc) is 2.37. The van der Waals surface area contributed by atoms with Crippen LogP contribution in [-0.2, 0) is 5.75 Å². The predicted octanol–water partition coefficient (Wildman–Crippen LogP) is 5.21. The minimum absolute atomic E-state index is 0.411. The maximum absolute atomic E-state index is 6.13. The molecule has 0 bridgehead atoms. The molecule has 0 saturated heterocycles. The van der Waals surface area contributed by atoms with Gasteiger partial charge in [-0.3, -0.25) is 0 Å². The first kappa shape index (κ1) is 14.6. The lowest BCUT2D eigenvalue weighted by Gasteiger charge is -2.09. The largest absolute Gasteiger partial charge is 0.346 e. The van der Waals surface area contributed by atoms with Crippen LogP contribution in [0.5, 0.6) is 0 Å². The average molecular weight is 311 g/mol. The molecule has 1 aromatic carbocycles. The second-order valence-corrected chi connectivity index (χ2v) is 6.34. The summed E-state index contributed by atoms with van der Waals surface area (Å²) in [6.07, 6.45) is 0. The first-order valence-corrected chi connectivity index (χ1v) is 7.81. The molecule has 0 fully saturated rings. The van der Waals surface area contributed by atoms with Crippen LogP contribution in [0.4, 0.5) is 0 Å². The Labute approximate surface area is 127 Å². The van der Waals surface area contributed by atoms with Crippen molar-refractivity contribution >= 4 is 35.6 Å². The Kier molecular flexibility index (Phi) is 5.02. The van der Waals surface area contributed by atoms with Crippen molar-refractivity contribution in [3.8, 4) is 0 Å². The highest BCUT2D eigenvalue weighted by Crippen LogP contribution is 2.28. The van der Waals surface area contributed by atoms with Crippen molar-refractivity contribution in [3.63, 3.8) is 0 Å². The Morgan fingerprint density at radius 2 is 2.11 bits per heavy atom. The summed E-state index contributed by atoms with van der Waals surface area (Å²) in [6, 6.07) is 9.73. The quantitative estimate of drug-likeness (QED) is 0.621. The third-order valence-corrected chi connectivity index (χ3v) is 4.37. The minimum Gasteiger partial charge on any atom is -0.346 e. The number of rotatable bonds is 4. The molecule has 100 valence electrons. The van der Waals surface area contributed by atoms with E-state index in [4.69, 9.17) is 23.8 Å². The zero-order valence-corrected chi connectivity index (χ0v) is 13.2. The van der Waals surface area contributed by atoms with Crippen LogP contribution in [0, 0.1) is 4.64 Å². The van der Waals surface area contributed by atoms with E-state index in [9.17, 15) is 0 Å². The van der Waals surface area contributed by atoms with Crippen LogP contribution >= 0.6 is 35.6 Å². The van der Waals surface area contributed by atoms with Crippen LogP contribution in [-0.4, -0.2) is 9.97 Å². The second-order valence-electron chi connectivity index (χ2n) is 4.50. The van der Waals surface area contributed by atoms with Gasteiger partial charge in [0.05, 0.1) is 10.8 Å². The standard InChI is InChI=1S/C14H15ClN2S2/c1-9(2)11-7-14(18)17-13(16-11)8-19-12-6-4-3-5-10(12)15/h3-7,9H,8H2,1-2H3,(H,16,17,18). The molecule has 0 atom stereocenters. The Morgan fingerprint density at radius 3 is 2.79 bits per heavy atom. The molecular formula is C14H15ClN2S2. The van der Waals surface area contributed by atoms with Crippen LogP contribution in [0.2, 0.25) is 5.02 Å². The molecule has 0 aliphatic rings. The molecule has 2 aromatic rings. The number of nitrogens with zero attached hydrogens (tertiary/aromatic N) is 1. The molecule has 1 aromatic heterocycles. The predicted molar refractivity (Wildman–Crippen MR) is 84.5 cm³/mol. The molecule has 0 aliphatic heterocycles. The molecule has 2 rings (SSSR count). The van der Waals surface area contributed by atoms with E-state index in [1.807, 2.05) is 30.3 Å². The highest BCUT2D eigenvalue weighted by atomic mass is 35.5. The highest BCUT2D eigenvalue weighted by Gasteiger charge is 2.05. The third-order valence-electron chi connectivity index (χ3n) is 2.64. The topological polar surface area (TPSA) is 28.7 Å². The van der Waals surface area contributed by atoms with E-state index in [2.05, 4.69) is 23.8 Å². The molecule has 1 N–H and O–H groups in total. The lowest BCUT2D eigenvalue weighted by molar-refractivity contribution is 0.797. The molecule has 2 nitrogen and oxygen atoms in total. The van der Waals surface area contributed by atoms with Crippen molar-refractivity contribution < 1.29 is 0 Å². The van der Waals surface area contributed by atoms with E-state index >= 15 is 0 Å². The number of aromatic nitrogens is 2. The number of benzene rings is 1. The Morgan fingerprint density at radius 1 is 1.37 bits per heavy atom. The van der Waals surface area contributed by atoms with Gasteiger partial charge in [-0.25, -0.2) is 4.98 Å². The van der Waals surface area contributed by atoms with Crippen molar-refractivity contribution in [3.05, 3.63) is 51.5 Å². The van der Waals surface area contributed by atoms with Crippen LogP contribution in [0.3, 0.4) is 0 Å². The Hall–Kier alpha value is -0.840. The normalized spacial score (nSPS) is 10.9. The van der Waals surface area contributed by atoms with Gasteiger partial charge in [0.1, 0.15) is 10.5 Å². The molecule has 1 heterocycles. The van der Waals surface area contributed by atoms with Crippen LogP contribution in [0.15, 0.2) is 35.2 Å². The summed E-state index contributed by atoms with van der Waals surface area (Å²) in [4.78, 5) is 8.74. The van der Waals surface area contributed by atoms with Crippen LogP contribution in [0.25, 0.3) is 0 Å². The number of halogens is 1. The summed E-state index contributed by atoms with van der Waals surface area (Å²) in [6.45, 7) is 4.26. The van der Waals surface area contributed by atoms with Crippen LogP contribution < -0.4 is 0 Å². The lowest BCUT2D eigenvalue weighted by Crippen LogP contribution is -2.00. The molecule has 19 heavy (non-hydrogen) atoms. The van der Waals surface area contributed by atoms with Gasteiger partial charge in [0, 0.05) is 10.6 Å².